The molecule has 2 nitrogen and oxygen atoms in total. The number of rotatable bonds is 5. The van der Waals surface area contributed by atoms with Gasteiger partial charge in [0.1, 0.15) is 0 Å². The fraction of sp³-hybridized carbons (Fsp3) is 0.308. The van der Waals surface area contributed by atoms with E-state index >= 15 is 0 Å². The van der Waals surface area contributed by atoms with Crippen LogP contribution in [0.25, 0.3) is 0 Å². The number of aliphatic carboxylic acids is 1. The molecular formula is C13H16O2. The summed E-state index contributed by atoms with van der Waals surface area (Å²) in [5.74, 6) is -0.769. The van der Waals surface area contributed by atoms with Crippen LogP contribution < -0.4 is 0 Å². The first-order chi connectivity index (χ1) is 7.18. The Labute approximate surface area is 90.3 Å². The van der Waals surface area contributed by atoms with E-state index in [1.807, 2.05) is 25.1 Å². The maximum atomic E-state index is 10.3. The third-order valence-corrected chi connectivity index (χ3v) is 2.28. The first-order valence-electron chi connectivity index (χ1n) is 5.10. The fourth-order valence-corrected chi connectivity index (χ4v) is 1.35. The maximum absolute atomic E-state index is 10.3. The van der Waals surface area contributed by atoms with Gasteiger partial charge in [0.25, 0.3) is 0 Å². The molecule has 2 heteroatoms. The van der Waals surface area contributed by atoms with Crippen molar-refractivity contribution in [2.75, 3.05) is 0 Å². The van der Waals surface area contributed by atoms with Gasteiger partial charge in [0, 0.05) is 0 Å². The molecule has 0 aliphatic heterocycles. The monoisotopic (exact) mass is 204 g/mol. The lowest BCUT2D eigenvalue weighted by atomic mass is 10.1. The third-order valence-electron chi connectivity index (χ3n) is 2.28. The second kappa shape index (κ2) is 6.02. The van der Waals surface area contributed by atoms with E-state index in [0.29, 0.717) is 0 Å². The molecule has 0 aromatic heterocycles. The number of hydrogen-bond acceptors (Lipinski definition) is 1. The molecule has 0 radical (unpaired) electrons. The van der Waals surface area contributed by atoms with E-state index < -0.39 is 5.97 Å². The SMILES string of the molecule is C/C(=C\CC(=O)O)CCc1ccccc1. The summed E-state index contributed by atoms with van der Waals surface area (Å²) >= 11 is 0. The standard InChI is InChI=1S/C13H16O2/c1-11(8-10-13(14)15)7-9-12-5-3-2-4-6-12/h2-6,8H,7,9-10H2,1H3,(H,14,15)/b11-8+. The fourth-order valence-electron chi connectivity index (χ4n) is 1.35. The van der Waals surface area contributed by atoms with Crippen LogP contribution in [0.1, 0.15) is 25.3 Å². The minimum absolute atomic E-state index is 0.126. The predicted octanol–water partition coefficient (Wildman–Crippen LogP) is 3.04. The third kappa shape index (κ3) is 5.01. The van der Waals surface area contributed by atoms with Crippen molar-refractivity contribution in [3.63, 3.8) is 0 Å². The Morgan fingerprint density at radius 1 is 1.33 bits per heavy atom. The minimum Gasteiger partial charge on any atom is -0.481 e. The summed E-state index contributed by atoms with van der Waals surface area (Å²) in [7, 11) is 0. The van der Waals surface area contributed by atoms with Crippen LogP contribution in [0.15, 0.2) is 42.0 Å². The average Bonchev–Trinajstić information content (AvgIpc) is 2.25. The Balaban J connectivity index is 2.37. The summed E-state index contributed by atoms with van der Waals surface area (Å²) in [4.78, 5) is 10.3. The average molecular weight is 204 g/mol. The molecule has 0 spiro atoms. The quantitative estimate of drug-likeness (QED) is 0.748. The van der Waals surface area contributed by atoms with Crippen LogP contribution in [0.4, 0.5) is 0 Å². The normalized spacial score (nSPS) is 11.4. The van der Waals surface area contributed by atoms with Gasteiger partial charge in [-0.2, -0.15) is 0 Å². The topological polar surface area (TPSA) is 37.3 Å². The Hall–Kier alpha value is -1.57. The number of aryl methyl sites for hydroxylation is 1. The van der Waals surface area contributed by atoms with Crippen LogP contribution in [0, 0.1) is 0 Å². The molecular weight excluding hydrogens is 188 g/mol. The van der Waals surface area contributed by atoms with Gasteiger partial charge in [-0.3, -0.25) is 4.79 Å². The molecule has 0 saturated heterocycles. The van der Waals surface area contributed by atoms with Crippen LogP contribution in [-0.2, 0) is 11.2 Å². The van der Waals surface area contributed by atoms with E-state index in [0.717, 1.165) is 18.4 Å². The molecule has 1 aromatic carbocycles. The molecule has 15 heavy (non-hydrogen) atoms. The summed E-state index contributed by atoms with van der Waals surface area (Å²) in [6.07, 6.45) is 3.81. The zero-order chi connectivity index (χ0) is 11.1. The summed E-state index contributed by atoms with van der Waals surface area (Å²) < 4.78 is 0. The molecule has 0 bridgehead atoms. The summed E-state index contributed by atoms with van der Waals surface area (Å²) in [5.41, 5.74) is 2.43. The minimum atomic E-state index is -0.769. The second-order valence-electron chi connectivity index (χ2n) is 3.63. The molecule has 1 aromatic rings. The molecule has 0 amide bonds. The van der Waals surface area contributed by atoms with Gasteiger partial charge in [0.2, 0.25) is 0 Å². The van der Waals surface area contributed by atoms with Crippen LogP contribution in [0.2, 0.25) is 0 Å². The zero-order valence-corrected chi connectivity index (χ0v) is 8.94. The summed E-state index contributed by atoms with van der Waals surface area (Å²) in [6, 6.07) is 10.2. The van der Waals surface area contributed by atoms with Crippen molar-refractivity contribution >= 4 is 5.97 Å². The van der Waals surface area contributed by atoms with Gasteiger partial charge in [0.15, 0.2) is 0 Å². The Morgan fingerprint density at radius 2 is 2.00 bits per heavy atom. The highest BCUT2D eigenvalue weighted by atomic mass is 16.4. The van der Waals surface area contributed by atoms with Gasteiger partial charge >= 0.3 is 5.97 Å². The maximum Gasteiger partial charge on any atom is 0.307 e. The van der Waals surface area contributed by atoms with E-state index in [1.165, 1.54) is 5.56 Å². The number of carbonyl (C=O) groups is 1. The van der Waals surface area contributed by atoms with Gasteiger partial charge in [-0.1, -0.05) is 42.0 Å². The first-order valence-corrected chi connectivity index (χ1v) is 5.10. The lowest BCUT2D eigenvalue weighted by Gasteiger charge is -2.01. The Kier molecular flexibility index (Phi) is 4.61. The summed E-state index contributed by atoms with van der Waals surface area (Å²) in [6.45, 7) is 1.98. The van der Waals surface area contributed by atoms with Crippen molar-refractivity contribution < 1.29 is 9.90 Å². The van der Waals surface area contributed by atoms with E-state index in [9.17, 15) is 4.79 Å². The van der Waals surface area contributed by atoms with E-state index in [2.05, 4.69) is 12.1 Å². The van der Waals surface area contributed by atoms with Crippen LogP contribution >= 0.6 is 0 Å². The van der Waals surface area contributed by atoms with Crippen LogP contribution in [0.3, 0.4) is 0 Å². The van der Waals surface area contributed by atoms with Gasteiger partial charge in [-0.15, -0.1) is 0 Å². The number of carboxylic acids is 1. The molecule has 0 aliphatic carbocycles. The smallest absolute Gasteiger partial charge is 0.307 e. The number of benzene rings is 1. The van der Waals surface area contributed by atoms with E-state index in [-0.39, 0.29) is 6.42 Å². The highest BCUT2D eigenvalue weighted by Crippen LogP contribution is 2.08. The van der Waals surface area contributed by atoms with Crippen molar-refractivity contribution in [1.82, 2.24) is 0 Å². The highest BCUT2D eigenvalue weighted by molar-refractivity contribution is 5.68. The molecule has 1 rings (SSSR count). The van der Waals surface area contributed by atoms with Crippen LogP contribution in [0.5, 0.6) is 0 Å². The lowest BCUT2D eigenvalue weighted by molar-refractivity contribution is -0.136. The van der Waals surface area contributed by atoms with Gasteiger partial charge < -0.3 is 5.11 Å². The van der Waals surface area contributed by atoms with Crippen molar-refractivity contribution in [3.05, 3.63) is 47.5 Å². The van der Waals surface area contributed by atoms with Crippen molar-refractivity contribution in [1.29, 1.82) is 0 Å². The van der Waals surface area contributed by atoms with Crippen molar-refractivity contribution in [2.45, 2.75) is 26.2 Å². The number of carboxylic acid groups (broad SMARTS) is 1. The Morgan fingerprint density at radius 3 is 2.60 bits per heavy atom. The van der Waals surface area contributed by atoms with E-state index in [1.54, 1.807) is 6.08 Å². The predicted molar refractivity (Wildman–Crippen MR) is 60.8 cm³/mol. The molecule has 0 saturated carbocycles. The first kappa shape index (κ1) is 11.5. The van der Waals surface area contributed by atoms with Gasteiger partial charge in [-0.05, 0) is 25.3 Å². The van der Waals surface area contributed by atoms with E-state index in [4.69, 9.17) is 5.11 Å². The van der Waals surface area contributed by atoms with Crippen molar-refractivity contribution in [3.8, 4) is 0 Å². The molecule has 0 aliphatic rings. The second-order valence-corrected chi connectivity index (χ2v) is 3.63. The Bertz CT molecular complexity index is 339. The molecule has 1 N–H and O–H groups in total. The largest absolute Gasteiger partial charge is 0.481 e. The summed E-state index contributed by atoms with van der Waals surface area (Å²) in [5, 5.41) is 8.50. The molecule has 0 heterocycles. The van der Waals surface area contributed by atoms with Crippen LogP contribution in [-0.4, -0.2) is 11.1 Å². The molecule has 0 atom stereocenters. The number of allylic oxidation sites excluding steroid dienone is 1. The van der Waals surface area contributed by atoms with Gasteiger partial charge in [0.05, 0.1) is 6.42 Å². The zero-order valence-electron chi connectivity index (χ0n) is 8.94. The molecule has 0 fully saturated rings. The lowest BCUT2D eigenvalue weighted by Crippen LogP contribution is -1.92. The van der Waals surface area contributed by atoms with Gasteiger partial charge in [-0.25, -0.2) is 0 Å². The number of hydrogen-bond donors (Lipinski definition) is 1. The molecule has 80 valence electrons. The van der Waals surface area contributed by atoms with Crippen molar-refractivity contribution in [2.24, 2.45) is 0 Å². The highest BCUT2D eigenvalue weighted by Gasteiger charge is 1.96. The molecule has 0 unspecified atom stereocenters.